The molecule has 3 amide bonds. The van der Waals surface area contributed by atoms with E-state index in [1.807, 2.05) is 0 Å². The zero-order valence-electron chi connectivity index (χ0n) is 16.0. The van der Waals surface area contributed by atoms with Crippen LogP contribution in [0.4, 0.5) is 0 Å². The van der Waals surface area contributed by atoms with Crippen LogP contribution in [0.15, 0.2) is 30.3 Å². The van der Waals surface area contributed by atoms with E-state index in [2.05, 4.69) is 23.4 Å². The Morgan fingerprint density at radius 2 is 1.63 bits per heavy atom. The molecule has 0 unspecified atom stereocenters. The van der Waals surface area contributed by atoms with E-state index >= 15 is 0 Å². The van der Waals surface area contributed by atoms with E-state index in [9.17, 15) is 14.4 Å². The topological polar surface area (TPSA) is 106 Å². The fraction of sp³-hybridized carbons (Fsp3) is 0.526. The predicted molar refractivity (Wildman–Crippen MR) is 99.8 cm³/mol. The molecule has 0 aliphatic rings. The molecular weight excluding hydrogens is 368 g/mol. The zero-order chi connectivity index (χ0) is 19.2. The number of carbonyl (C=O) groups excluding carboxylic acids is 3. The molecule has 0 radical (unpaired) electrons. The molecule has 0 aromatic heterocycles. The van der Waals surface area contributed by atoms with Crippen LogP contribution in [0.5, 0.6) is 0 Å². The van der Waals surface area contributed by atoms with Gasteiger partial charge in [-0.15, -0.1) is 0 Å². The third-order valence-corrected chi connectivity index (χ3v) is 3.94. The largest absolute Gasteiger partial charge is 1.00 e. The molecule has 0 bridgehead atoms. The third kappa shape index (κ3) is 10.6. The Bertz CT molecular complexity index is 569. The van der Waals surface area contributed by atoms with Crippen molar-refractivity contribution in [3.8, 4) is 0 Å². The van der Waals surface area contributed by atoms with Gasteiger partial charge in [0, 0.05) is 12.1 Å². The van der Waals surface area contributed by atoms with Crippen molar-refractivity contribution in [2.75, 3.05) is 19.6 Å². The molecular formula is C19H31ClN4O3. The van der Waals surface area contributed by atoms with Crippen LogP contribution in [0.1, 0.15) is 55.8 Å². The number of nitrogens with one attached hydrogen (secondary N) is 2. The van der Waals surface area contributed by atoms with Gasteiger partial charge in [0.25, 0.3) is 11.8 Å². The molecule has 0 saturated heterocycles. The number of hydrogen-bond donors (Lipinski definition) is 3. The maximum atomic E-state index is 12.2. The van der Waals surface area contributed by atoms with Crippen LogP contribution in [0.2, 0.25) is 0 Å². The maximum absolute atomic E-state index is 12.2. The summed E-state index contributed by atoms with van der Waals surface area (Å²) in [5, 5.41) is 3.82. The number of hydrazine groups is 1. The van der Waals surface area contributed by atoms with E-state index < -0.39 is 11.8 Å². The van der Waals surface area contributed by atoms with Crippen LogP contribution in [0.25, 0.3) is 0 Å². The van der Waals surface area contributed by atoms with Gasteiger partial charge in [-0.3, -0.25) is 19.8 Å². The van der Waals surface area contributed by atoms with E-state index in [1.54, 1.807) is 30.3 Å². The van der Waals surface area contributed by atoms with Crippen molar-refractivity contribution in [3.05, 3.63) is 35.9 Å². The summed E-state index contributed by atoms with van der Waals surface area (Å²) in [5.41, 5.74) is 6.43. The Balaban J connectivity index is 0.00000676. The molecule has 1 rings (SSSR count). The van der Waals surface area contributed by atoms with Crippen molar-refractivity contribution in [2.24, 2.45) is 0 Å². The highest BCUT2D eigenvalue weighted by molar-refractivity contribution is 5.96. The lowest BCUT2D eigenvalue weighted by Crippen LogP contribution is -3.00. The van der Waals surface area contributed by atoms with Crippen molar-refractivity contribution < 1.29 is 32.5 Å². The fourth-order valence-electron chi connectivity index (χ4n) is 2.43. The molecule has 0 atom stereocenters. The Morgan fingerprint density at radius 1 is 1.00 bits per heavy atom. The summed E-state index contributed by atoms with van der Waals surface area (Å²) in [7, 11) is 0. The Morgan fingerprint density at radius 3 is 2.26 bits per heavy atom. The molecule has 1 aromatic carbocycles. The van der Waals surface area contributed by atoms with Crippen LogP contribution < -0.4 is 28.9 Å². The van der Waals surface area contributed by atoms with Crippen LogP contribution in [-0.4, -0.2) is 42.4 Å². The number of hydrogen-bond acceptors (Lipinski definition) is 3. The zero-order valence-corrected chi connectivity index (χ0v) is 16.8. The van der Waals surface area contributed by atoms with Gasteiger partial charge < -0.3 is 23.5 Å². The number of halogens is 1. The summed E-state index contributed by atoms with van der Waals surface area (Å²) in [4.78, 5) is 36.2. The Hall–Kier alpha value is -2.12. The molecule has 0 fully saturated rings. The van der Waals surface area contributed by atoms with Gasteiger partial charge in [0.05, 0.1) is 0 Å². The number of nitrogens with zero attached hydrogens (tertiary/aromatic N) is 1. The quantitative estimate of drug-likeness (QED) is 0.293. The molecule has 1 aromatic rings. The number of benzene rings is 1. The highest BCUT2D eigenvalue weighted by Crippen LogP contribution is 2.04. The molecule has 5 N–H and O–H groups in total. The molecule has 0 spiro atoms. The second-order valence-electron chi connectivity index (χ2n) is 6.15. The Kier molecular flexibility index (Phi) is 13.8. The van der Waals surface area contributed by atoms with Gasteiger partial charge in [-0.05, 0) is 18.6 Å². The molecule has 27 heavy (non-hydrogen) atoms. The maximum Gasteiger partial charge on any atom is 0.296 e. The van der Waals surface area contributed by atoms with E-state index in [0.717, 1.165) is 17.9 Å². The number of amides is 3. The Labute approximate surface area is 167 Å². The average molecular weight is 399 g/mol. The first kappa shape index (κ1) is 24.9. The van der Waals surface area contributed by atoms with Gasteiger partial charge in [0.1, 0.15) is 6.54 Å². The third-order valence-electron chi connectivity index (χ3n) is 3.94. The lowest BCUT2D eigenvalue weighted by molar-refractivity contribution is -0.357. The summed E-state index contributed by atoms with van der Waals surface area (Å²) in [6.07, 6.45) is 6.84. The first-order chi connectivity index (χ1) is 12.6. The van der Waals surface area contributed by atoms with Crippen molar-refractivity contribution in [1.82, 2.24) is 15.8 Å². The summed E-state index contributed by atoms with van der Waals surface area (Å²) < 4.78 is 0. The van der Waals surface area contributed by atoms with Crippen molar-refractivity contribution in [3.63, 3.8) is 0 Å². The molecule has 8 heteroatoms. The first-order valence-electron chi connectivity index (χ1n) is 9.30. The van der Waals surface area contributed by atoms with Crippen molar-refractivity contribution >= 4 is 17.7 Å². The van der Waals surface area contributed by atoms with Crippen molar-refractivity contribution in [2.45, 2.75) is 45.4 Å². The lowest BCUT2D eigenvalue weighted by atomic mass is 10.1. The molecule has 0 heterocycles. The summed E-state index contributed by atoms with van der Waals surface area (Å²) in [6.45, 7) is 2.49. The van der Waals surface area contributed by atoms with Gasteiger partial charge in [-0.1, -0.05) is 57.2 Å². The molecule has 0 aliphatic heterocycles. The van der Waals surface area contributed by atoms with Crippen LogP contribution in [0, 0.1) is 0 Å². The SMILES string of the molecule is CCCCCCCCNC(=O)CN(NC(=O)c1ccccc1)C(=O)C[NH3+].[Cl-]. The smallest absolute Gasteiger partial charge is 0.296 e. The van der Waals surface area contributed by atoms with Gasteiger partial charge in [-0.2, -0.15) is 0 Å². The lowest BCUT2D eigenvalue weighted by Gasteiger charge is -2.21. The van der Waals surface area contributed by atoms with E-state index in [4.69, 9.17) is 0 Å². The van der Waals surface area contributed by atoms with Gasteiger partial charge in [0.15, 0.2) is 6.54 Å². The fourth-order valence-corrected chi connectivity index (χ4v) is 2.43. The monoisotopic (exact) mass is 398 g/mol. The van der Waals surface area contributed by atoms with Crippen LogP contribution in [-0.2, 0) is 9.59 Å². The number of unbranched alkanes of at least 4 members (excludes halogenated alkanes) is 5. The second-order valence-corrected chi connectivity index (χ2v) is 6.15. The van der Waals surface area contributed by atoms with E-state index in [0.29, 0.717) is 12.1 Å². The molecule has 0 saturated carbocycles. The van der Waals surface area contributed by atoms with Gasteiger partial charge in [0.2, 0.25) is 5.91 Å². The summed E-state index contributed by atoms with van der Waals surface area (Å²) >= 11 is 0. The van der Waals surface area contributed by atoms with Crippen LogP contribution in [0.3, 0.4) is 0 Å². The highest BCUT2D eigenvalue weighted by atomic mass is 35.5. The minimum Gasteiger partial charge on any atom is -1.00 e. The minimum absolute atomic E-state index is 0. The normalized spacial score (nSPS) is 9.85. The average Bonchev–Trinajstić information content (AvgIpc) is 2.66. The molecule has 152 valence electrons. The highest BCUT2D eigenvalue weighted by Gasteiger charge is 2.20. The summed E-state index contributed by atoms with van der Waals surface area (Å²) in [6, 6.07) is 8.54. The molecule has 0 aliphatic carbocycles. The van der Waals surface area contributed by atoms with E-state index in [-0.39, 0.29) is 31.4 Å². The number of carbonyl (C=O) groups is 3. The first-order valence-corrected chi connectivity index (χ1v) is 9.30. The van der Waals surface area contributed by atoms with Crippen LogP contribution >= 0.6 is 0 Å². The van der Waals surface area contributed by atoms with Crippen molar-refractivity contribution in [1.29, 1.82) is 0 Å². The standard InChI is InChI=1S/C19H30N4O3.ClH/c1-2-3-4-5-6-10-13-21-17(24)15-23(18(25)14-20)22-19(26)16-11-8-7-9-12-16;/h7-9,11-12H,2-6,10,13-15,20H2,1H3,(H,21,24)(H,22,26);1H. The number of rotatable bonds is 11. The second kappa shape index (κ2) is 15.0. The summed E-state index contributed by atoms with van der Waals surface area (Å²) in [5.74, 6) is -1.14. The molecule has 7 nitrogen and oxygen atoms in total. The van der Waals surface area contributed by atoms with Gasteiger partial charge in [-0.25, -0.2) is 5.01 Å². The predicted octanol–water partition coefficient (Wildman–Crippen LogP) is -2.12. The number of quaternary nitrogens is 1. The van der Waals surface area contributed by atoms with E-state index in [1.165, 1.54) is 25.7 Å². The van der Waals surface area contributed by atoms with Gasteiger partial charge >= 0.3 is 0 Å². The minimum atomic E-state index is -0.434.